The average molecular weight is 665 g/mol. The number of fused-ring (bicyclic) bond motifs is 1. The molecule has 0 fully saturated rings. The fraction of sp³-hybridized carbons (Fsp3) is 0.256. The van der Waals surface area contributed by atoms with Gasteiger partial charge in [0.05, 0.1) is 17.0 Å². The molecule has 48 heavy (non-hydrogen) atoms. The number of ether oxygens (including phenoxy) is 1. The summed E-state index contributed by atoms with van der Waals surface area (Å²) in [6.45, 7) is 7.44. The van der Waals surface area contributed by atoms with Crippen LogP contribution in [-0.2, 0) is 22.6 Å². The molecule has 0 unspecified atom stereocenters. The van der Waals surface area contributed by atoms with Crippen molar-refractivity contribution >= 4 is 45.8 Å². The monoisotopic (exact) mass is 664 g/mol. The number of halogens is 1. The quantitative estimate of drug-likeness (QED) is 0.0575. The van der Waals surface area contributed by atoms with Crippen LogP contribution < -0.4 is 10.6 Å². The van der Waals surface area contributed by atoms with Gasteiger partial charge in [0.1, 0.15) is 5.60 Å². The van der Waals surface area contributed by atoms with Crippen LogP contribution in [0.4, 0.5) is 5.69 Å². The third kappa shape index (κ3) is 9.56. The largest absolute Gasteiger partial charge is 0.494 e. The molecule has 0 aliphatic carbocycles. The number of nitrogens with zero attached hydrogens (tertiary/aromatic N) is 1. The summed E-state index contributed by atoms with van der Waals surface area (Å²) in [5, 5.41) is 18.8. The number of unbranched alkanes of at least 4 members (excludes halogenated alkanes) is 1. The minimum absolute atomic E-state index is 0.0309. The fourth-order valence-electron chi connectivity index (χ4n) is 5.31. The Labute approximate surface area is 286 Å². The number of esters is 1. The molecule has 1 amide bonds. The van der Waals surface area contributed by atoms with Gasteiger partial charge in [-0.1, -0.05) is 66.2 Å². The highest BCUT2D eigenvalue weighted by molar-refractivity contribution is 6.30. The van der Waals surface area contributed by atoms with E-state index < -0.39 is 5.60 Å². The average Bonchev–Trinajstić information content (AvgIpc) is 3.39. The predicted octanol–water partition coefficient (Wildman–Crippen LogP) is 8.23. The van der Waals surface area contributed by atoms with Gasteiger partial charge < -0.3 is 25.5 Å². The van der Waals surface area contributed by atoms with Gasteiger partial charge in [-0.05, 0) is 93.7 Å². The van der Waals surface area contributed by atoms with Gasteiger partial charge in [0.2, 0.25) is 0 Å². The normalized spacial score (nSPS) is 11.9. The number of aromatic nitrogens is 1. The first kappa shape index (κ1) is 34.4. The second-order valence-corrected chi connectivity index (χ2v) is 13.1. The Kier molecular flexibility index (Phi) is 11.3. The first-order valence-electron chi connectivity index (χ1n) is 16.1. The van der Waals surface area contributed by atoms with E-state index in [1.165, 1.54) is 0 Å². The molecule has 1 heterocycles. The molecule has 0 aliphatic rings. The van der Waals surface area contributed by atoms with Gasteiger partial charge in [0.25, 0.3) is 5.91 Å². The summed E-state index contributed by atoms with van der Waals surface area (Å²) in [7, 11) is 0. The van der Waals surface area contributed by atoms with Gasteiger partial charge in [-0.25, -0.2) is 4.99 Å². The maximum atomic E-state index is 13.2. The summed E-state index contributed by atoms with van der Waals surface area (Å²) in [5.41, 5.74) is 5.32. The van der Waals surface area contributed by atoms with Crippen molar-refractivity contribution in [2.75, 3.05) is 6.54 Å². The molecule has 0 saturated carbocycles. The van der Waals surface area contributed by atoms with Crippen molar-refractivity contribution in [2.24, 2.45) is 4.99 Å². The van der Waals surface area contributed by atoms with E-state index in [1.54, 1.807) is 24.3 Å². The standard InChI is InChI=1S/C39H41ClN4O4/c1-39(2,3)48-34(45)14-7-8-21-41-24-26-15-18-31(19-16-26)43-36(28-11-5-4-6-12-28)35-32-23-29(17-20-33(32)44-38(35)47)37(46)42-25-27-10-9-13-30(40)22-27/h4-6,9-13,15-20,22-23,41,44,47H,7-8,14,21,24-25H2,1-3H3,(H,42,46). The van der Waals surface area contributed by atoms with E-state index >= 15 is 0 Å². The van der Waals surface area contributed by atoms with Crippen LogP contribution in [0.1, 0.15) is 72.6 Å². The summed E-state index contributed by atoms with van der Waals surface area (Å²) in [5.74, 6) is -0.434. The lowest BCUT2D eigenvalue weighted by Crippen LogP contribution is -2.23. The van der Waals surface area contributed by atoms with Gasteiger partial charge in [-0.2, -0.15) is 0 Å². The third-order valence-corrected chi connectivity index (χ3v) is 7.81. The molecule has 5 aromatic rings. The number of carbonyl (C=O) groups excluding carboxylic acids is 2. The Balaban J connectivity index is 1.30. The lowest BCUT2D eigenvalue weighted by molar-refractivity contribution is -0.154. The summed E-state index contributed by atoms with van der Waals surface area (Å²) < 4.78 is 5.37. The SMILES string of the molecule is CC(C)(C)OC(=O)CCCCNCc1ccc(N=C(c2ccccc2)c2c(O)[nH]c3ccc(C(=O)NCc4cccc(Cl)c4)cc23)cc1. The number of rotatable bonds is 13. The number of hydrogen-bond acceptors (Lipinski definition) is 6. The molecule has 9 heteroatoms. The number of aromatic hydroxyl groups is 1. The van der Waals surface area contributed by atoms with E-state index in [0.717, 1.165) is 41.8 Å². The zero-order valence-corrected chi connectivity index (χ0v) is 28.2. The number of hydrogen-bond donors (Lipinski definition) is 4. The van der Waals surface area contributed by atoms with Crippen molar-refractivity contribution in [3.05, 3.63) is 130 Å². The maximum absolute atomic E-state index is 13.2. The predicted molar refractivity (Wildman–Crippen MR) is 192 cm³/mol. The molecule has 0 spiro atoms. The van der Waals surface area contributed by atoms with Crippen LogP contribution in [0.15, 0.2) is 102 Å². The van der Waals surface area contributed by atoms with E-state index in [1.807, 2.05) is 93.6 Å². The summed E-state index contributed by atoms with van der Waals surface area (Å²) in [6, 6.07) is 30.2. The number of aromatic amines is 1. The highest BCUT2D eigenvalue weighted by Crippen LogP contribution is 2.32. The van der Waals surface area contributed by atoms with Crippen LogP contribution in [0.25, 0.3) is 10.9 Å². The first-order valence-corrected chi connectivity index (χ1v) is 16.5. The Morgan fingerprint density at radius 3 is 2.35 bits per heavy atom. The van der Waals surface area contributed by atoms with Crippen molar-refractivity contribution in [1.29, 1.82) is 0 Å². The Morgan fingerprint density at radius 2 is 1.62 bits per heavy atom. The van der Waals surface area contributed by atoms with Crippen LogP contribution in [0.3, 0.4) is 0 Å². The molecule has 5 rings (SSSR count). The molecular formula is C39H41ClN4O4. The minimum atomic E-state index is -0.454. The van der Waals surface area contributed by atoms with Crippen molar-refractivity contribution in [1.82, 2.24) is 15.6 Å². The van der Waals surface area contributed by atoms with Gasteiger partial charge in [0, 0.05) is 46.6 Å². The van der Waals surface area contributed by atoms with E-state index in [-0.39, 0.29) is 17.8 Å². The molecule has 8 nitrogen and oxygen atoms in total. The lowest BCUT2D eigenvalue weighted by atomic mass is 9.99. The lowest BCUT2D eigenvalue weighted by Gasteiger charge is -2.19. The number of H-pyrrole nitrogens is 1. The molecule has 0 radical (unpaired) electrons. The number of aliphatic imine (C=N–C) groups is 1. The Bertz CT molecular complexity index is 1890. The molecule has 4 N–H and O–H groups in total. The van der Waals surface area contributed by atoms with Gasteiger partial charge in [-0.3, -0.25) is 9.59 Å². The molecule has 0 saturated heterocycles. The zero-order valence-electron chi connectivity index (χ0n) is 27.5. The van der Waals surface area contributed by atoms with E-state index in [9.17, 15) is 14.7 Å². The van der Waals surface area contributed by atoms with Gasteiger partial charge in [0.15, 0.2) is 5.88 Å². The Hall–Kier alpha value is -4.92. The summed E-state index contributed by atoms with van der Waals surface area (Å²) in [6.07, 6.45) is 2.06. The molecule has 0 bridgehead atoms. The number of amides is 1. The van der Waals surface area contributed by atoms with E-state index in [0.29, 0.717) is 52.3 Å². The zero-order chi connectivity index (χ0) is 34.1. The second kappa shape index (κ2) is 15.8. The summed E-state index contributed by atoms with van der Waals surface area (Å²) >= 11 is 6.10. The smallest absolute Gasteiger partial charge is 0.306 e. The number of nitrogens with one attached hydrogen (secondary N) is 3. The maximum Gasteiger partial charge on any atom is 0.306 e. The fourth-order valence-corrected chi connectivity index (χ4v) is 5.53. The highest BCUT2D eigenvalue weighted by atomic mass is 35.5. The van der Waals surface area contributed by atoms with Crippen LogP contribution in [0.2, 0.25) is 5.02 Å². The van der Waals surface area contributed by atoms with Crippen LogP contribution in [0.5, 0.6) is 5.88 Å². The molecule has 4 aromatic carbocycles. The van der Waals surface area contributed by atoms with Crippen LogP contribution >= 0.6 is 11.6 Å². The van der Waals surface area contributed by atoms with E-state index in [4.69, 9.17) is 21.3 Å². The Morgan fingerprint density at radius 1 is 0.854 bits per heavy atom. The molecule has 0 aliphatic heterocycles. The van der Waals surface area contributed by atoms with Crippen molar-refractivity contribution in [3.63, 3.8) is 0 Å². The van der Waals surface area contributed by atoms with Crippen LogP contribution in [-0.4, -0.2) is 39.8 Å². The highest BCUT2D eigenvalue weighted by Gasteiger charge is 2.20. The van der Waals surface area contributed by atoms with Crippen LogP contribution in [0, 0.1) is 0 Å². The van der Waals surface area contributed by atoms with Crippen molar-refractivity contribution in [3.8, 4) is 5.88 Å². The molecule has 248 valence electrons. The van der Waals surface area contributed by atoms with Gasteiger partial charge >= 0.3 is 5.97 Å². The topological polar surface area (TPSA) is 116 Å². The number of carbonyl (C=O) groups is 2. The first-order chi connectivity index (χ1) is 23.1. The van der Waals surface area contributed by atoms with Gasteiger partial charge in [-0.15, -0.1) is 0 Å². The van der Waals surface area contributed by atoms with Crippen molar-refractivity contribution < 1.29 is 19.4 Å². The minimum Gasteiger partial charge on any atom is -0.494 e. The summed E-state index contributed by atoms with van der Waals surface area (Å²) in [4.78, 5) is 33.1. The molecule has 1 aromatic heterocycles. The third-order valence-electron chi connectivity index (χ3n) is 7.58. The molecule has 0 atom stereocenters. The second-order valence-electron chi connectivity index (χ2n) is 12.6. The molecular weight excluding hydrogens is 624 g/mol. The van der Waals surface area contributed by atoms with Crippen molar-refractivity contribution in [2.45, 2.75) is 58.7 Å². The number of benzene rings is 4. The van der Waals surface area contributed by atoms with E-state index in [2.05, 4.69) is 15.6 Å².